The van der Waals surface area contributed by atoms with Crippen molar-refractivity contribution in [2.75, 3.05) is 11.5 Å². The Balaban J connectivity index is 2.55. The fraction of sp³-hybridized carbons (Fsp3) is 0.889. The highest BCUT2D eigenvalue weighted by molar-refractivity contribution is 7.91. The lowest BCUT2D eigenvalue weighted by molar-refractivity contribution is -0.134. The molecule has 15 heavy (non-hydrogen) atoms. The summed E-state index contributed by atoms with van der Waals surface area (Å²) in [7, 11) is -2.98. The van der Waals surface area contributed by atoms with Crippen LogP contribution in [0.3, 0.4) is 0 Å². The molecule has 1 atom stereocenters. The van der Waals surface area contributed by atoms with Crippen LogP contribution < -0.4 is 5.84 Å². The molecular formula is C9H18N2O3S. The summed E-state index contributed by atoms with van der Waals surface area (Å²) in [6, 6.07) is -0.332. The Morgan fingerprint density at radius 1 is 1.53 bits per heavy atom. The van der Waals surface area contributed by atoms with Gasteiger partial charge in [0, 0.05) is 6.42 Å². The van der Waals surface area contributed by atoms with Crippen molar-refractivity contribution in [3.63, 3.8) is 0 Å². The van der Waals surface area contributed by atoms with Gasteiger partial charge in [0.15, 0.2) is 9.84 Å². The van der Waals surface area contributed by atoms with Gasteiger partial charge in [-0.3, -0.25) is 9.80 Å². The Hall–Kier alpha value is -0.620. The average Bonchev–Trinajstić information content (AvgIpc) is 2.43. The highest BCUT2D eigenvalue weighted by Gasteiger charge is 2.33. The summed E-state index contributed by atoms with van der Waals surface area (Å²) < 4.78 is 22.4. The van der Waals surface area contributed by atoms with Crippen molar-refractivity contribution in [3.05, 3.63) is 0 Å². The first-order valence-corrected chi connectivity index (χ1v) is 6.91. The smallest absolute Gasteiger partial charge is 0.237 e. The van der Waals surface area contributed by atoms with E-state index in [0.29, 0.717) is 12.8 Å². The molecule has 0 bridgehead atoms. The molecule has 1 unspecified atom stereocenters. The van der Waals surface area contributed by atoms with E-state index in [2.05, 4.69) is 0 Å². The van der Waals surface area contributed by atoms with Gasteiger partial charge >= 0.3 is 0 Å². The van der Waals surface area contributed by atoms with Gasteiger partial charge in [-0.15, -0.1) is 0 Å². The van der Waals surface area contributed by atoms with Gasteiger partial charge in [0.1, 0.15) is 0 Å². The van der Waals surface area contributed by atoms with Crippen molar-refractivity contribution < 1.29 is 13.2 Å². The van der Waals surface area contributed by atoms with Crippen LogP contribution in [0.1, 0.15) is 26.7 Å². The molecule has 1 amide bonds. The third-order valence-corrected chi connectivity index (χ3v) is 4.22. The topological polar surface area (TPSA) is 80.5 Å². The lowest BCUT2D eigenvalue weighted by Crippen LogP contribution is -2.46. The molecule has 1 aliphatic heterocycles. The second-order valence-corrected chi connectivity index (χ2v) is 6.68. The zero-order valence-corrected chi connectivity index (χ0v) is 9.96. The van der Waals surface area contributed by atoms with Crippen LogP contribution >= 0.6 is 0 Å². The predicted molar refractivity (Wildman–Crippen MR) is 57.5 cm³/mol. The number of rotatable bonds is 3. The van der Waals surface area contributed by atoms with Crippen molar-refractivity contribution in [2.24, 2.45) is 11.8 Å². The summed E-state index contributed by atoms with van der Waals surface area (Å²) in [5.74, 6) is 5.82. The van der Waals surface area contributed by atoms with Gasteiger partial charge in [0.2, 0.25) is 5.91 Å². The summed E-state index contributed by atoms with van der Waals surface area (Å²) in [6.45, 7) is 3.86. The maximum atomic E-state index is 11.6. The van der Waals surface area contributed by atoms with Crippen molar-refractivity contribution in [3.8, 4) is 0 Å². The lowest BCUT2D eigenvalue weighted by atomic mass is 10.1. The van der Waals surface area contributed by atoms with Crippen LogP contribution in [0.25, 0.3) is 0 Å². The van der Waals surface area contributed by atoms with Gasteiger partial charge < -0.3 is 0 Å². The number of hydrazine groups is 1. The number of nitrogens with zero attached hydrogens (tertiary/aromatic N) is 1. The fourth-order valence-electron chi connectivity index (χ4n) is 1.65. The molecule has 1 heterocycles. The largest absolute Gasteiger partial charge is 0.277 e. The van der Waals surface area contributed by atoms with Gasteiger partial charge in [-0.05, 0) is 12.3 Å². The molecule has 0 aliphatic carbocycles. The van der Waals surface area contributed by atoms with E-state index in [1.54, 1.807) is 0 Å². The average molecular weight is 234 g/mol. The first kappa shape index (κ1) is 12.4. The molecule has 0 aromatic heterocycles. The molecule has 5 nitrogen and oxygen atoms in total. The maximum Gasteiger partial charge on any atom is 0.237 e. The van der Waals surface area contributed by atoms with E-state index in [1.165, 1.54) is 0 Å². The molecule has 6 heteroatoms. The zero-order valence-electron chi connectivity index (χ0n) is 9.14. The third-order valence-electron chi connectivity index (χ3n) is 2.47. The number of sulfone groups is 1. The van der Waals surface area contributed by atoms with Crippen molar-refractivity contribution in [1.29, 1.82) is 0 Å². The van der Waals surface area contributed by atoms with E-state index in [4.69, 9.17) is 5.84 Å². The van der Waals surface area contributed by atoms with Crippen LogP contribution in [0.2, 0.25) is 0 Å². The minimum absolute atomic E-state index is 0.00728. The molecule has 0 aromatic rings. The molecule has 1 rings (SSSR count). The van der Waals surface area contributed by atoms with E-state index in [1.807, 2.05) is 13.8 Å². The second kappa shape index (κ2) is 4.49. The van der Waals surface area contributed by atoms with Crippen LogP contribution in [0.15, 0.2) is 0 Å². The van der Waals surface area contributed by atoms with Crippen LogP contribution in [0.4, 0.5) is 0 Å². The molecule has 0 spiro atoms. The quantitative estimate of drug-likeness (QED) is 0.421. The summed E-state index contributed by atoms with van der Waals surface area (Å²) in [6.07, 6.45) is 0.829. The van der Waals surface area contributed by atoms with Gasteiger partial charge in [-0.1, -0.05) is 13.8 Å². The maximum absolute atomic E-state index is 11.6. The van der Waals surface area contributed by atoms with Gasteiger partial charge in [0.05, 0.1) is 17.5 Å². The highest BCUT2D eigenvalue weighted by Crippen LogP contribution is 2.16. The van der Waals surface area contributed by atoms with Crippen LogP contribution in [0, 0.1) is 5.92 Å². The minimum Gasteiger partial charge on any atom is -0.277 e. The molecule has 1 fully saturated rings. The van der Waals surface area contributed by atoms with E-state index < -0.39 is 9.84 Å². The first-order chi connectivity index (χ1) is 6.82. The van der Waals surface area contributed by atoms with E-state index in [0.717, 1.165) is 5.01 Å². The molecule has 0 radical (unpaired) electrons. The number of amides is 1. The Morgan fingerprint density at radius 2 is 2.13 bits per heavy atom. The summed E-state index contributed by atoms with van der Waals surface area (Å²) >= 11 is 0. The molecule has 88 valence electrons. The Bertz CT molecular complexity index is 337. The van der Waals surface area contributed by atoms with E-state index in [9.17, 15) is 13.2 Å². The second-order valence-electron chi connectivity index (χ2n) is 4.46. The van der Waals surface area contributed by atoms with Gasteiger partial charge in [0.25, 0.3) is 0 Å². The molecule has 2 N–H and O–H groups in total. The molecule has 1 aliphatic rings. The number of carbonyl (C=O) groups excluding carboxylic acids is 1. The monoisotopic (exact) mass is 234 g/mol. The fourth-order valence-corrected chi connectivity index (χ4v) is 3.36. The van der Waals surface area contributed by atoms with Crippen LogP contribution in [0.5, 0.6) is 0 Å². The summed E-state index contributed by atoms with van der Waals surface area (Å²) in [4.78, 5) is 11.6. The lowest BCUT2D eigenvalue weighted by Gasteiger charge is -2.23. The van der Waals surface area contributed by atoms with Crippen LogP contribution in [-0.4, -0.2) is 36.9 Å². The Labute approximate surface area is 90.5 Å². The highest BCUT2D eigenvalue weighted by atomic mass is 32.2. The number of carbonyl (C=O) groups is 1. The van der Waals surface area contributed by atoms with Crippen molar-refractivity contribution in [2.45, 2.75) is 32.7 Å². The Morgan fingerprint density at radius 3 is 2.53 bits per heavy atom. The molecule has 1 saturated heterocycles. The van der Waals surface area contributed by atoms with Crippen LogP contribution in [-0.2, 0) is 14.6 Å². The SMILES string of the molecule is CC(C)CC(=O)N(N)C1CCS(=O)(=O)C1. The standard InChI is InChI=1S/C9H18N2O3S/c1-7(2)5-9(12)11(10)8-3-4-15(13,14)6-8/h7-8H,3-6,10H2,1-2H3. The Kier molecular flexibility index (Phi) is 3.72. The molecule has 0 aromatic carbocycles. The first-order valence-electron chi connectivity index (χ1n) is 5.09. The predicted octanol–water partition coefficient (Wildman–Crippen LogP) is -0.0781. The number of hydrogen-bond donors (Lipinski definition) is 1. The van der Waals surface area contributed by atoms with E-state index >= 15 is 0 Å². The summed E-state index contributed by atoms with van der Waals surface area (Å²) in [5, 5.41) is 1.10. The third kappa shape index (κ3) is 3.46. The summed E-state index contributed by atoms with van der Waals surface area (Å²) in [5.41, 5.74) is 0. The minimum atomic E-state index is -2.98. The normalized spacial score (nSPS) is 24.4. The number of hydrogen-bond acceptors (Lipinski definition) is 4. The molecular weight excluding hydrogens is 216 g/mol. The van der Waals surface area contributed by atoms with Crippen molar-refractivity contribution >= 4 is 15.7 Å². The van der Waals surface area contributed by atoms with Crippen molar-refractivity contribution in [1.82, 2.24) is 5.01 Å². The molecule has 0 saturated carbocycles. The van der Waals surface area contributed by atoms with E-state index in [-0.39, 0.29) is 29.4 Å². The van der Waals surface area contributed by atoms with Gasteiger partial charge in [-0.25, -0.2) is 14.3 Å². The number of nitrogens with two attached hydrogens (primary N) is 1. The van der Waals surface area contributed by atoms with Gasteiger partial charge in [-0.2, -0.15) is 0 Å². The zero-order chi connectivity index (χ0) is 11.6.